The summed E-state index contributed by atoms with van der Waals surface area (Å²) in [7, 11) is 0. The minimum absolute atomic E-state index is 0.0776. The SMILES string of the molecule is Cc1ncc(NC(=O)NC2c3ccccc3Oc3ccccc32)c(-c2ccccc2)n1.Cc1ncc(NC(=O)Oc2ccccc2)c(-c2ccccc2)n1.NC1c2ccccc2Oc2ccccc21. The number of carbonyl (C=O) groups excluding carboxylic acids is 2. The molecular formula is C56H46N8O5. The number of benzene rings is 7. The van der Waals surface area contributed by atoms with Gasteiger partial charge in [0.15, 0.2) is 0 Å². The van der Waals surface area contributed by atoms with Crippen LogP contribution in [0.3, 0.4) is 0 Å². The molecule has 13 nitrogen and oxygen atoms in total. The van der Waals surface area contributed by atoms with Crippen molar-refractivity contribution in [2.45, 2.75) is 25.9 Å². The zero-order valence-corrected chi connectivity index (χ0v) is 37.6. The number of nitrogens with one attached hydrogen (secondary N) is 3. The number of amides is 3. The summed E-state index contributed by atoms with van der Waals surface area (Å²) < 4.78 is 17.0. The molecule has 0 radical (unpaired) electrons. The molecule has 0 atom stereocenters. The summed E-state index contributed by atoms with van der Waals surface area (Å²) in [6.07, 6.45) is 2.63. The summed E-state index contributed by atoms with van der Waals surface area (Å²) in [5.41, 5.74) is 14.3. The maximum atomic E-state index is 13.1. The summed E-state index contributed by atoms with van der Waals surface area (Å²) >= 11 is 0. The van der Waals surface area contributed by atoms with Crippen molar-refractivity contribution in [3.05, 3.63) is 234 Å². The van der Waals surface area contributed by atoms with Gasteiger partial charge in [0, 0.05) is 33.4 Å². The minimum Gasteiger partial charge on any atom is -0.457 e. The number of para-hydroxylation sites is 5. The van der Waals surface area contributed by atoms with Crippen molar-refractivity contribution in [2.75, 3.05) is 10.6 Å². The van der Waals surface area contributed by atoms with Gasteiger partial charge in [-0.3, -0.25) is 5.32 Å². The van der Waals surface area contributed by atoms with Crippen molar-refractivity contribution >= 4 is 23.5 Å². The summed E-state index contributed by atoms with van der Waals surface area (Å²) in [5.74, 6) is 4.93. The lowest BCUT2D eigenvalue weighted by molar-refractivity contribution is 0.215. The van der Waals surface area contributed by atoms with Crippen molar-refractivity contribution in [3.8, 4) is 51.3 Å². The van der Waals surface area contributed by atoms with Gasteiger partial charge in [0.2, 0.25) is 0 Å². The van der Waals surface area contributed by atoms with E-state index < -0.39 is 6.09 Å². The van der Waals surface area contributed by atoms with E-state index in [1.54, 1.807) is 43.6 Å². The number of hydrogen-bond acceptors (Lipinski definition) is 10. The van der Waals surface area contributed by atoms with E-state index in [4.69, 9.17) is 19.9 Å². The Morgan fingerprint density at radius 3 is 1.33 bits per heavy atom. The van der Waals surface area contributed by atoms with Crippen molar-refractivity contribution in [2.24, 2.45) is 5.73 Å². The Bertz CT molecular complexity index is 3140. The second-order valence-corrected chi connectivity index (χ2v) is 15.8. The molecule has 0 unspecified atom stereocenters. The molecule has 2 aliphatic heterocycles. The Balaban J connectivity index is 0.000000137. The fourth-order valence-electron chi connectivity index (χ4n) is 7.79. The molecule has 69 heavy (non-hydrogen) atoms. The van der Waals surface area contributed by atoms with E-state index in [0.717, 1.165) is 56.4 Å². The first-order valence-corrected chi connectivity index (χ1v) is 22.1. The molecule has 5 N–H and O–H groups in total. The first-order valence-electron chi connectivity index (χ1n) is 22.1. The van der Waals surface area contributed by atoms with Crippen LogP contribution >= 0.6 is 0 Å². The summed E-state index contributed by atoms with van der Waals surface area (Å²) in [6, 6.07) is 58.7. The molecule has 3 amide bonds. The third kappa shape index (κ3) is 10.8. The molecule has 7 aromatic carbocycles. The Kier molecular flexibility index (Phi) is 13.7. The highest BCUT2D eigenvalue weighted by Gasteiger charge is 2.29. The third-order valence-corrected chi connectivity index (χ3v) is 11.0. The van der Waals surface area contributed by atoms with Gasteiger partial charge in [0.25, 0.3) is 0 Å². The molecule has 340 valence electrons. The van der Waals surface area contributed by atoms with Crippen molar-refractivity contribution in [1.82, 2.24) is 25.3 Å². The van der Waals surface area contributed by atoms with Gasteiger partial charge in [-0.15, -0.1) is 0 Å². The van der Waals surface area contributed by atoms with Crippen LogP contribution in [0.1, 0.15) is 46.0 Å². The topological polar surface area (TPSA) is 176 Å². The van der Waals surface area contributed by atoms with Crippen molar-refractivity contribution < 1.29 is 23.8 Å². The number of hydrogen-bond donors (Lipinski definition) is 4. The van der Waals surface area contributed by atoms with Crippen molar-refractivity contribution in [3.63, 3.8) is 0 Å². The quantitative estimate of drug-likeness (QED) is 0.126. The van der Waals surface area contributed by atoms with Gasteiger partial charge in [-0.05, 0) is 50.2 Å². The smallest absolute Gasteiger partial charge is 0.417 e. The molecule has 2 aromatic heterocycles. The predicted octanol–water partition coefficient (Wildman–Crippen LogP) is 12.4. The molecule has 13 heteroatoms. The van der Waals surface area contributed by atoms with E-state index in [2.05, 4.69) is 35.9 Å². The molecule has 0 aliphatic carbocycles. The monoisotopic (exact) mass is 910 g/mol. The molecule has 0 spiro atoms. The molecule has 2 aliphatic rings. The molecule has 9 aromatic rings. The van der Waals surface area contributed by atoms with Crippen LogP contribution in [0.2, 0.25) is 0 Å². The normalized spacial score (nSPS) is 11.9. The number of fused-ring (bicyclic) bond motifs is 4. The lowest BCUT2D eigenvalue weighted by atomic mass is 9.95. The number of aryl methyl sites for hydroxylation is 2. The number of rotatable bonds is 6. The molecule has 0 saturated heterocycles. The van der Waals surface area contributed by atoms with Crippen LogP contribution in [0, 0.1) is 13.8 Å². The van der Waals surface area contributed by atoms with E-state index in [1.807, 2.05) is 171 Å². The average molecular weight is 911 g/mol. The van der Waals surface area contributed by atoms with Gasteiger partial charge >= 0.3 is 12.1 Å². The van der Waals surface area contributed by atoms with Crippen LogP contribution in [0.25, 0.3) is 22.5 Å². The number of aromatic nitrogens is 4. The zero-order valence-electron chi connectivity index (χ0n) is 37.6. The number of urea groups is 1. The van der Waals surface area contributed by atoms with Crippen LogP contribution in [0.5, 0.6) is 28.7 Å². The highest BCUT2D eigenvalue weighted by molar-refractivity contribution is 5.94. The Labute approximate surface area is 399 Å². The van der Waals surface area contributed by atoms with Gasteiger partial charge in [-0.2, -0.15) is 0 Å². The van der Waals surface area contributed by atoms with Gasteiger partial charge in [0.05, 0.1) is 47.2 Å². The standard InChI is InChI=1S/C25H20N4O2.C18H15N3O2.C13H11NO/c1-16-26-15-20(23(27-16)17-9-3-2-4-10-17)28-25(30)29-24-18-11-5-7-13-21(18)31-22-14-8-6-12-19(22)24;1-13-19-12-16(17(20-13)14-8-4-2-5-9-14)21-18(22)23-15-10-6-3-7-11-15;14-13-9-5-1-3-7-11(9)15-12-8-4-2-6-10(12)13/h2-15,24H,1H3,(H2,28,29,30);2-12H,1H3,(H,21,22);1-8,13H,14H2. The molecule has 0 saturated carbocycles. The molecule has 0 bridgehead atoms. The number of ether oxygens (including phenoxy) is 3. The minimum atomic E-state index is -0.583. The number of nitrogens with two attached hydrogens (primary N) is 1. The largest absolute Gasteiger partial charge is 0.457 e. The summed E-state index contributed by atoms with van der Waals surface area (Å²) in [4.78, 5) is 42.5. The first-order chi connectivity index (χ1) is 33.8. The summed E-state index contributed by atoms with van der Waals surface area (Å²) in [5, 5.41) is 8.72. The molecule has 11 rings (SSSR count). The lowest BCUT2D eigenvalue weighted by Crippen LogP contribution is -2.34. The number of carbonyl (C=O) groups is 2. The summed E-state index contributed by atoms with van der Waals surface area (Å²) in [6.45, 7) is 3.63. The van der Waals surface area contributed by atoms with Gasteiger partial charge in [-0.25, -0.2) is 29.5 Å². The van der Waals surface area contributed by atoms with E-state index in [1.165, 1.54) is 0 Å². The zero-order chi connectivity index (χ0) is 47.5. The fraction of sp³-hybridized carbons (Fsp3) is 0.0714. The van der Waals surface area contributed by atoms with Crippen molar-refractivity contribution in [1.29, 1.82) is 0 Å². The molecule has 4 heterocycles. The van der Waals surface area contributed by atoms with Gasteiger partial charge in [-0.1, -0.05) is 152 Å². The maximum Gasteiger partial charge on any atom is 0.417 e. The van der Waals surface area contributed by atoms with E-state index in [-0.39, 0.29) is 18.1 Å². The second-order valence-electron chi connectivity index (χ2n) is 15.8. The number of nitrogens with zero attached hydrogens (tertiary/aromatic N) is 4. The van der Waals surface area contributed by atoms with Crippen LogP contribution < -0.4 is 35.9 Å². The van der Waals surface area contributed by atoms with Crippen LogP contribution in [0.15, 0.2) is 200 Å². The third-order valence-electron chi connectivity index (χ3n) is 11.0. The highest BCUT2D eigenvalue weighted by atomic mass is 16.6. The molecular weight excluding hydrogens is 865 g/mol. The van der Waals surface area contributed by atoms with Crippen LogP contribution in [-0.4, -0.2) is 32.1 Å². The Hall–Kier alpha value is -9.20. The average Bonchev–Trinajstić information content (AvgIpc) is 3.38. The van der Waals surface area contributed by atoms with Gasteiger partial charge < -0.3 is 30.6 Å². The van der Waals surface area contributed by atoms with E-state index in [0.29, 0.717) is 40.2 Å². The van der Waals surface area contributed by atoms with E-state index >= 15 is 0 Å². The Morgan fingerprint density at radius 2 is 0.870 bits per heavy atom. The second kappa shape index (κ2) is 21.0. The fourth-order valence-corrected chi connectivity index (χ4v) is 7.79. The predicted molar refractivity (Wildman–Crippen MR) is 266 cm³/mol. The van der Waals surface area contributed by atoms with E-state index in [9.17, 15) is 9.59 Å². The van der Waals surface area contributed by atoms with Gasteiger partial charge in [0.1, 0.15) is 40.4 Å². The van der Waals surface area contributed by atoms with Crippen LogP contribution in [-0.2, 0) is 0 Å². The lowest BCUT2D eigenvalue weighted by Gasteiger charge is -2.28. The molecule has 0 fully saturated rings. The number of anilines is 2. The Morgan fingerprint density at radius 1 is 0.493 bits per heavy atom. The first kappa shape index (κ1) is 45.0. The maximum absolute atomic E-state index is 13.1. The highest BCUT2D eigenvalue weighted by Crippen LogP contribution is 2.43. The van der Waals surface area contributed by atoms with Crippen LogP contribution in [0.4, 0.5) is 21.0 Å².